The summed E-state index contributed by atoms with van der Waals surface area (Å²) in [5.74, 6) is 1.79. The number of rotatable bonds is 5. The fourth-order valence-corrected chi connectivity index (χ4v) is 3.72. The summed E-state index contributed by atoms with van der Waals surface area (Å²) in [6, 6.07) is 0. The molecule has 0 aliphatic heterocycles. The lowest BCUT2D eigenvalue weighted by molar-refractivity contribution is -0.115. The third kappa shape index (κ3) is 2.21. The lowest BCUT2D eigenvalue weighted by atomic mass is 10.00. The molecule has 96 valence electrons. The van der Waals surface area contributed by atoms with Gasteiger partial charge in [0.05, 0.1) is 0 Å². The lowest BCUT2D eigenvalue weighted by Gasteiger charge is -2.04. The first-order valence-corrected chi connectivity index (χ1v) is 7.23. The number of allylic oxidation sites excluding steroid dienone is 2. The Morgan fingerprint density at radius 2 is 1.94 bits per heavy atom. The van der Waals surface area contributed by atoms with Crippen LogP contribution in [0.5, 0.6) is 0 Å². The zero-order chi connectivity index (χ0) is 12.6. The molecular formula is C16H26O. The Kier molecular flexibility index (Phi) is 3.47. The van der Waals surface area contributed by atoms with Gasteiger partial charge in [-0.05, 0) is 42.6 Å². The van der Waals surface area contributed by atoms with Crippen molar-refractivity contribution in [3.05, 3.63) is 11.1 Å². The van der Waals surface area contributed by atoms with Crippen LogP contribution in [0.4, 0.5) is 0 Å². The molecule has 1 heteroatoms. The largest absolute Gasteiger partial charge is 0.295 e. The summed E-state index contributed by atoms with van der Waals surface area (Å²) in [6.45, 7) is 9.11. The van der Waals surface area contributed by atoms with Crippen molar-refractivity contribution in [1.82, 2.24) is 0 Å². The molecule has 0 aromatic carbocycles. The van der Waals surface area contributed by atoms with Crippen molar-refractivity contribution >= 4 is 5.78 Å². The SMILES string of the molecule is CCCCCC1C(C2=C(C)CCC2=O)C1(C)C. The smallest absolute Gasteiger partial charge is 0.159 e. The maximum absolute atomic E-state index is 12.0. The number of carbonyl (C=O) groups excluding carboxylic acids is 1. The van der Waals surface area contributed by atoms with Gasteiger partial charge >= 0.3 is 0 Å². The molecule has 1 fully saturated rings. The summed E-state index contributed by atoms with van der Waals surface area (Å²) in [7, 11) is 0. The molecule has 2 atom stereocenters. The molecule has 17 heavy (non-hydrogen) atoms. The quantitative estimate of drug-likeness (QED) is 0.639. The summed E-state index contributed by atoms with van der Waals surface area (Å²) in [5.41, 5.74) is 2.98. The van der Waals surface area contributed by atoms with E-state index in [0.29, 0.717) is 17.1 Å². The molecule has 1 saturated carbocycles. The van der Waals surface area contributed by atoms with Crippen LogP contribution in [0.2, 0.25) is 0 Å². The molecule has 0 heterocycles. The molecule has 0 aromatic heterocycles. The van der Waals surface area contributed by atoms with Gasteiger partial charge in [0.1, 0.15) is 0 Å². The van der Waals surface area contributed by atoms with E-state index in [9.17, 15) is 4.79 Å². The van der Waals surface area contributed by atoms with E-state index < -0.39 is 0 Å². The van der Waals surface area contributed by atoms with Gasteiger partial charge < -0.3 is 0 Å². The minimum Gasteiger partial charge on any atom is -0.295 e. The van der Waals surface area contributed by atoms with Gasteiger partial charge in [-0.25, -0.2) is 0 Å². The highest BCUT2D eigenvalue weighted by molar-refractivity contribution is 5.99. The van der Waals surface area contributed by atoms with Crippen LogP contribution >= 0.6 is 0 Å². The van der Waals surface area contributed by atoms with Crippen LogP contribution in [0, 0.1) is 17.3 Å². The van der Waals surface area contributed by atoms with Gasteiger partial charge in [0.2, 0.25) is 0 Å². The summed E-state index contributed by atoms with van der Waals surface area (Å²) in [4.78, 5) is 12.0. The number of hydrogen-bond acceptors (Lipinski definition) is 1. The Morgan fingerprint density at radius 3 is 2.47 bits per heavy atom. The van der Waals surface area contributed by atoms with Crippen molar-refractivity contribution in [2.45, 2.75) is 66.2 Å². The van der Waals surface area contributed by atoms with E-state index in [0.717, 1.165) is 18.8 Å². The van der Waals surface area contributed by atoms with Crippen molar-refractivity contribution in [1.29, 1.82) is 0 Å². The lowest BCUT2D eigenvalue weighted by Crippen LogP contribution is -2.02. The first-order chi connectivity index (χ1) is 8.00. The van der Waals surface area contributed by atoms with Crippen LogP contribution < -0.4 is 0 Å². The Bertz CT molecular complexity index is 349. The molecule has 0 bridgehead atoms. The average molecular weight is 234 g/mol. The second-order valence-electron chi connectivity index (χ2n) is 6.52. The van der Waals surface area contributed by atoms with Gasteiger partial charge in [-0.15, -0.1) is 0 Å². The molecular weight excluding hydrogens is 208 g/mol. The van der Waals surface area contributed by atoms with Gasteiger partial charge in [-0.2, -0.15) is 0 Å². The minimum absolute atomic E-state index is 0.379. The number of hydrogen-bond donors (Lipinski definition) is 0. The maximum atomic E-state index is 12.0. The second-order valence-corrected chi connectivity index (χ2v) is 6.52. The molecule has 0 aromatic rings. The van der Waals surface area contributed by atoms with E-state index in [1.54, 1.807) is 0 Å². The topological polar surface area (TPSA) is 17.1 Å². The monoisotopic (exact) mass is 234 g/mol. The van der Waals surface area contributed by atoms with Crippen molar-refractivity contribution in [3.63, 3.8) is 0 Å². The van der Waals surface area contributed by atoms with E-state index in [-0.39, 0.29) is 0 Å². The van der Waals surface area contributed by atoms with Crippen molar-refractivity contribution in [2.75, 3.05) is 0 Å². The van der Waals surface area contributed by atoms with Gasteiger partial charge in [0.15, 0.2) is 5.78 Å². The second kappa shape index (κ2) is 4.59. The molecule has 2 unspecified atom stereocenters. The highest BCUT2D eigenvalue weighted by Crippen LogP contribution is 2.65. The molecule has 2 aliphatic rings. The van der Waals surface area contributed by atoms with Gasteiger partial charge in [0, 0.05) is 6.42 Å². The van der Waals surface area contributed by atoms with Crippen LogP contribution in [-0.4, -0.2) is 5.78 Å². The third-order valence-corrected chi connectivity index (χ3v) is 4.97. The normalized spacial score (nSPS) is 31.2. The summed E-state index contributed by atoms with van der Waals surface area (Å²) >= 11 is 0. The molecule has 0 amide bonds. The van der Waals surface area contributed by atoms with E-state index in [2.05, 4.69) is 27.7 Å². The van der Waals surface area contributed by atoms with Crippen LogP contribution in [0.3, 0.4) is 0 Å². The van der Waals surface area contributed by atoms with E-state index in [1.165, 1.54) is 36.8 Å². The van der Waals surface area contributed by atoms with E-state index in [4.69, 9.17) is 0 Å². The number of Topliss-reactive ketones (excluding diaryl/α,β-unsaturated/α-hetero) is 1. The highest BCUT2D eigenvalue weighted by Gasteiger charge is 2.60. The summed E-state index contributed by atoms with van der Waals surface area (Å²) in [5, 5.41) is 0. The molecule has 0 saturated heterocycles. The van der Waals surface area contributed by atoms with Crippen LogP contribution in [-0.2, 0) is 4.79 Å². The maximum Gasteiger partial charge on any atom is 0.159 e. The zero-order valence-corrected chi connectivity index (χ0v) is 11.8. The molecule has 0 spiro atoms. The highest BCUT2D eigenvalue weighted by atomic mass is 16.1. The fraction of sp³-hybridized carbons (Fsp3) is 0.812. The van der Waals surface area contributed by atoms with Crippen LogP contribution in [0.15, 0.2) is 11.1 Å². The minimum atomic E-state index is 0.379. The molecule has 1 nitrogen and oxygen atoms in total. The van der Waals surface area contributed by atoms with Crippen LogP contribution in [0.1, 0.15) is 66.2 Å². The van der Waals surface area contributed by atoms with E-state index >= 15 is 0 Å². The average Bonchev–Trinajstić information content (AvgIpc) is 2.61. The standard InChI is InChI=1S/C16H26O/c1-5-6-7-8-12-15(16(12,3)4)14-11(2)9-10-13(14)17/h12,15H,5-10H2,1-4H3. The fourth-order valence-electron chi connectivity index (χ4n) is 3.72. The van der Waals surface area contributed by atoms with E-state index in [1.807, 2.05) is 0 Å². The molecule has 0 N–H and O–H groups in total. The summed E-state index contributed by atoms with van der Waals surface area (Å²) in [6.07, 6.45) is 7.07. The molecule has 0 radical (unpaired) electrons. The third-order valence-electron chi connectivity index (χ3n) is 4.97. The first-order valence-electron chi connectivity index (χ1n) is 7.23. The van der Waals surface area contributed by atoms with Gasteiger partial charge in [-0.1, -0.05) is 45.6 Å². The number of carbonyl (C=O) groups is 1. The Morgan fingerprint density at radius 1 is 1.24 bits per heavy atom. The predicted molar refractivity (Wildman–Crippen MR) is 71.8 cm³/mol. The Balaban J connectivity index is 2.03. The Labute approximate surface area is 106 Å². The Hall–Kier alpha value is -0.590. The van der Waals surface area contributed by atoms with Crippen molar-refractivity contribution < 1.29 is 4.79 Å². The van der Waals surface area contributed by atoms with Crippen LogP contribution in [0.25, 0.3) is 0 Å². The molecule has 2 aliphatic carbocycles. The van der Waals surface area contributed by atoms with Gasteiger partial charge in [0.25, 0.3) is 0 Å². The zero-order valence-electron chi connectivity index (χ0n) is 11.8. The summed E-state index contributed by atoms with van der Waals surface area (Å²) < 4.78 is 0. The number of unbranched alkanes of at least 4 members (excludes halogenated alkanes) is 2. The number of ketones is 1. The van der Waals surface area contributed by atoms with Gasteiger partial charge in [-0.3, -0.25) is 4.79 Å². The first kappa shape index (κ1) is 12.9. The molecule has 2 rings (SSSR count). The predicted octanol–water partition coefficient (Wildman–Crippen LogP) is 4.52. The van der Waals surface area contributed by atoms with Crippen molar-refractivity contribution in [3.8, 4) is 0 Å². The van der Waals surface area contributed by atoms with Crippen molar-refractivity contribution in [2.24, 2.45) is 17.3 Å².